The Kier molecular flexibility index (Phi) is 5.77. The van der Waals surface area contributed by atoms with E-state index in [0.717, 1.165) is 18.4 Å². The number of carbonyl (C=O) groups is 3. The molecule has 146 valence electrons. The van der Waals surface area contributed by atoms with Gasteiger partial charge in [-0.3, -0.25) is 14.4 Å². The molecule has 1 aliphatic heterocycles. The molecule has 2 amide bonds. The standard InChI is InChI=1S/C20H25FN2O4/c21-16-7-5-15(6-8-16)20(9-1-2-10-20)19(26)27-13-17(24)23-11-3-4-14(12-23)18(22)25/h5-8,14H,1-4,9-13H2,(H2,22,25)/t14-/m0/s1. The van der Waals surface area contributed by atoms with Gasteiger partial charge in [0.25, 0.3) is 5.91 Å². The van der Waals surface area contributed by atoms with Gasteiger partial charge >= 0.3 is 5.97 Å². The highest BCUT2D eigenvalue weighted by molar-refractivity contribution is 5.87. The lowest BCUT2D eigenvalue weighted by molar-refractivity contribution is -0.158. The maximum atomic E-state index is 13.2. The van der Waals surface area contributed by atoms with Crippen LogP contribution in [-0.2, 0) is 24.5 Å². The highest BCUT2D eigenvalue weighted by Gasteiger charge is 2.44. The first kappa shape index (κ1) is 19.3. The molecule has 2 N–H and O–H groups in total. The van der Waals surface area contributed by atoms with Crippen molar-refractivity contribution in [3.05, 3.63) is 35.6 Å². The number of esters is 1. The van der Waals surface area contributed by atoms with Crippen LogP contribution in [0.15, 0.2) is 24.3 Å². The van der Waals surface area contributed by atoms with Crippen LogP contribution in [0.1, 0.15) is 44.1 Å². The minimum atomic E-state index is -0.814. The first-order chi connectivity index (χ1) is 12.9. The molecule has 1 saturated carbocycles. The van der Waals surface area contributed by atoms with Crippen molar-refractivity contribution in [2.24, 2.45) is 11.7 Å². The Balaban J connectivity index is 1.64. The summed E-state index contributed by atoms with van der Waals surface area (Å²) in [6.45, 7) is 0.450. The van der Waals surface area contributed by atoms with Crippen LogP contribution >= 0.6 is 0 Å². The summed E-state index contributed by atoms with van der Waals surface area (Å²) >= 11 is 0. The summed E-state index contributed by atoms with van der Waals surface area (Å²) in [4.78, 5) is 38.2. The van der Waals surface area contributed by atoms with Crippen molar-refractivity contribution in [2.45, 2.75) is 43.9 Å². The van der Waals surface area contributed by atoms with E-state index in [1.807, 2.05) is 0 Å². The molecule has 0 spiro atoms. The largest absolute Gasteiger partial charge is 0.455 e. The molecule has 6 nitrogen and oxygen atoms in total. The number of hydrogen-bond acceptors (Lipinski definition) is 4. The predicted molar refractivity (Wildman–Crippen MR) is 96.0 cm³/mol. The third kappa shape index (κ3) is 4.12. The SMILES string of the molecule is NC(=O)[C@H]1CCCN(C(=O)COC(=O)C2(c3ccc(F)cc3)CCCC2)C1. The van der Waals surface area contributed by atoms with Crippen molar-refractivity contribution >= 4 is 17.8 Å². The quantitative estimate of drug-likeness (QED) is 0.795. The van der Waals surface area contributed by atoms with E-state index in [0.29, 0.717) is 32.2 Å². The number of amides is 2. The predicted octanol–water partition coefficient (Wildman–Crippen LogP) is 1.90. The molecule has 0 radical (unpaired) electrons. The highest BCUT2D eigenvalue weighted by atomic mass is 19.1. The number of primary amides is 1. The number of halogens is 1. The second-order valence-electron chi connectivity index (χ2n) is 7.45. The maximum Gasteiger partial charge on any atom is 0.317 e. The Morgan fingerprint density at radius 2 is 1.81 bits per heavy atom. The van der Waals surface area contributed by atoms with Crippen LogP contribution in [0.3, 0.4) is 0 Å². The fourth-order valence-electron chi connectivity index (χ4n) is 4.15. The lowest BCUT2D eigenvalue weighted by Gasteiger charge is -2.32. The van der Waals surface area contributed by atoms with E-state index in [1.165, 1.54) is 17.0 Å². The summed E-state index contributed by atoms with van der Waals surface area (Å²) in [6.07, 6.45) is 4.39. The van der Waals surface area contributed by atoms with Crippen molar-refractivity contribution in [1.82, 2.24) is 4.90 Å². The van der Waals surface area contributed by atoms with Crippen LogP contribution < -0.4 is 5.73 Å². The number of benzene rings is 1. The average Bonchev–Trinajstić information content (AvgIpc) is 3.17. The maximum absolute atomic E-state index is 13.2. The van der Waals surface area contributed by atoms with Gasteiger partial charge < -0.3 is 15.4 Å². The zero-order valence-electron chi connectivity index (χ0n) is 15.3. The molecule has 1 heterocycles. The summed E-state index contributed by atoms with van der Waals surface area (Å²) in [5, 5.41) is 0. The van der Waals surface area contributed by atoms with Gasteiger partial charge in [0.15, 0.2) is 6.61 Å². The number of likely N-dealkylation sites (tertiary alicyclic amines) is 1. The first-order valence-corrected chi connectivity index (χ1v) is 9.43. The van der Waals surface area contributed by atoms with Crippen molar-refractivity contribution in [1.29, 1.82) is 0 Å². The first-order valence-electron chi connectivity index (χ1n) is 9.43. The fraction of sp³-hybridized carbons (Fsp3) is 0.550. The molecule has 0 unspecified atom stereocenters. The molecule has 3 rings (SSSR count). The van der Waals surface area contributed by atoms with Crippen molar-refractivity contribution in [3.8, 4) is 0 Å². The molecule has 0 aromatic heterocycles. The van der Waals surface area contributed by atoms with E-state index in [9.17, 15) is 18.8 Å². The fourth-order valence-corrected chi connectivity index (χ4v) is 4.15. The van der Waals surface area contributed by atoms with Crippen LogP contribution in [0.4, 0.5) is 4.39 Å². The summed E-state index contributed by atoms with van der Waals surface area (Å²) in [5.41, 5.74) is 5.25. The van der Waals surface area contributed by atoms with Gasteiger partial charge in [-0.15, -0.1) is 0 Å². The van der Waals surface area contributed by atoms with E-state index in [-0.39, 0.29) is 30.8 Å². The zero-order chi connectivity index (χ0) is 19.4. The molecule has 2 fully saturated rings. The molecule has 2 aliphatic rings. The van der Waals surface area contributed by atoms with Gasteiger partial charge in [-0.2, -0.15) is 0 Å². The van der Waals surface area contributed by atoms with Crippen LogP contribution in [0.5, 0.6) is 0 Å². The second kappa shape index (κ2) is 8.06. The van der Waals surface area contributed by atoms with E-state index in [4.69, 9.17) is 10.5 Å². The molecule has 1 atom stereocenters. The molecule has 1 aromatic carbocycles. The average molecular weight is 376 g/mol. The summed E-state index contributed by atoms with van der Waals surface area (Å²) in [5.74, 6) is -1.88. The Bertz CT molecular complexity index is 713. The number of nitrogens with zero attached hydrogens (tertiary/aromatic N) is 1. The molecule has 27 heavy (non-hydrogen) atoms. The number of nitrogens with two attached hydrogens (primary N) is 1. The van der Waals surface area contributed by atoms with E-state index in [2.05, 4.69) is 0 Å². The van der Waals surface area contributed by atoms with Crippen molar-refractivity contribution < 1.29 is 23.5 Å². The molecule has 1 saturated heterocycles. The third-order valence-corrected chi connectivity index (χ3v) is 5.75. The van der Waals surface area contributed by atoms with Gasteiger partial charge in [-0.1, -0.05) is 25.0 Å². The Hall–Kier alpha value is -2.44. The highest BCUT2D eigenvalue weighted by Crippen LogP contribution is 2.42. The van der Waals surface area contributed by atoms with Crippen LogP contribution in [0.25, 0.3) is 0 Å². The van der Waals surface area contributed by atoms with E-state index < -0.39 is 17.3 Å². The number of hydrogen-bond donors (Lipinski definition) is 1. The minimum absolute atomic E-state index is 0.273. The van der Waals surface area contributed by atoms with Gasteiger partial charge in [0.2, 0.25) is 5.91 Å². The number of piperidine rings is 1. The third-order valence-electron chi connectivity index (χ3n) is 5.75. The topological polar surface area (TPSA) is 89.7 Å². The smallest absolute Gasteiger partial charge is 0.317 e. The number of ether oxygens (including phenoxy) is 1. The minimum Gasteiger partial charge on any atom is -0.455 e. The lowest BCUT2D eigenvalue weighted by atomic mass is 9.79. The van der Waals surface area contributed by atoms with Crippen LogP contribution in [0, 0.1) is 11.7 Å². The molecule has 1 aromatic rings. The molecule has 1 aliphatic carbocycles. The Morgan fingerprint density at radius 3 is 2.44 bits per heavy atom. The van der Waals surface area contributed by atoms with Crippen LogP contribution in [0.2, 0.25) is 0 Å². The zero-order valence-corrected chi connectivity index (χ0v) is 15.3. The van der Waals surface area contributed by atoms with Gasteiger partial charge in [0.05, 0.1) is 11.3 Å². The number of rotatable bonds is 5. The van der Waals surface area contributed by atoms with Crippen LogP contribution in [-0.4, -0.2) is 42.4 Å². The normalized spacial score (nSPS) is 21.7. The summed E-state index contributed by atoms with van der Waals surface area (Å²) in [6, 6.07) is 5.91. The van der Waals surface area contributed by atoms with Gasteiger partial charge in [0.1, 0.15) is 5.82 Å². The monoisotopic (exact) mass is 376 g/mol. The van der Waals surface area contributed by atoms with Gasteiger partial charge in [-0.05, 0) is 43.4 Å². The molecule has 0 bridgehead atoms. The lowest BCUT2D eigenvalue weighted by Crippen LogP contribution is -2.46. The van der Waals surface area contributed by atoms with Crippen molar-refractivity contribution in [2.75, 3.05) is 19.7 Å². The van der Waals surface area contributed by atoms with Crippen molar-refractivity contribution in [3.63, 3.8) is 0 Å². The van der Waals surface area contributed by atoms with Gasteiger partial charge in [0, 0.05) is 13.1 Å². The van der Waals surface area contributed by atoms with Gasteiger partial charge in [-0.25, -0.2) is 4.39 Å². The molecular formula is C20H25FN2O4. The second-order valence-corrected chi connectivity index (χ2v) is 7.45. The Labute approximate surface area is 157 Å². The molecular weight excluding hydrogens is 351 g/mol. The van der Waals surface area contributed by atoms with E-state index in [1.54, 1.807) is 12.1 Å². The summed E-state index contributed by atoms with van der Waals surface area (Å²) in [7, 11) is 0. The summed E-state index contributed by atoms with van der Waals surface area (Å²) < 4.78 is 18.6. The van der Waals surface area contributed by atoms with E-state index >= 15 is 0 Å². The Morgan fingerprint density at radius 1 is 1.15 bits per heavy atom. The number of carbonyl (C=O) groups excluding carboxylic acids is 3. The molecule has 7 heteroatoms.